The molecule has 0 saturated carbocycles. The molecular formula is C17H24N2OS. The summed E-state index contributed by atoms with van der Waals surface area (Å²) >= 11 is 1.72. The van der Waals surface area contributed by atoms with Crippen molar-refractivity contribution in [2.75, 3.05) is 14.2 Å². The molecule has 1 N–H and O–H groups in total. The van der Waals surface area contributed by atoms with Crippen molar-refractivity contribution in [1.29, 1.82) is 0 Å². The molecule has 0 spiro atoms. The number of hydrogen-bond acceptors (Lipinski definition) is 4. The summed E-state index contributed by atoms with van der Waals surface area (Å²) in [7, 11) is 3.77. The van der Waals surface area contributed by atoms with Crippen LogP contribution in [0.2, 0.25) is 0 Å². The van der Waals surface area contributed by atoms with Crippen molar-refractivity contribution >= 4 is 11.3 Å². The molecule has 0 amide bonds. The highest BCUT2D eigenvalue weighted by Gasteiger charge is 2.24. The Bertz CT molecular complexity index is 539. The van der Waals surface area contributed by atoms with Gasteiger partial charge in [0.2, 0.25) is 0 Å². The molecule has 0 aliphatic rings. The number of thiazole rings is 1. The fourth-order valence-corrected chi connectivity index (χ4v) is 3.48. The maximum atomic E-state index is 5.64. The molecule has 1 aromatic heterocycles. The summed E-state index contributed by atoms with van der Waals surface area (Å²) < 4.78 is 5.64. The lowest BCUT2D eigenvalue weighted by Crippen LogP contribution is -2.43. The zero-order valence-electron chi connectivity index (χ0n) is 13.2. The van der Waals surface area contributed by atoms with Gasteiger partial charge in [-0.2, -0.15) is 0 Å². The van der Waals surface area contributed by atoms with E-state index in [1.807, 2.05) is 25.2 Å². The third kappa shape index (κ3) is 4.13. The highest BCUT2D eigenvalue weighted by atomic mass is 32.1. The van der Waals surface area contributed by atoms with E-state index in [9.17, 15) is 0 Å². The second kappa shape index (κ2) is 7.69. The molecule has 0 saturated heterocycles. The first kappa shape index (κ1) is 16.1. The Morgan fingerprint density at radius 3 is 2.52 bits per heavy atom. The van der Waals surface area contributed by atoms with Crippen LogP contribution >= 0.6 is 11.3 Å². The van der Waals surface area contributed by atoms with E-state index in [1.54, 1.807) is 18.4 Å². The van der Waals surface area contributed by atoms with Crippen LogP contribution in [0.4, 0.5) is 0 Å². The number of methoxy groups -OCH3 is 1. The van der Waals surface area contributed by atoms with E-state index >= 15 is 0 Å². The van der Waals surface area contributed by atoms with E-state index in [2.05, 4.69) is 36.7 Å². The average Bonchev–Trinajstić information content (AvgIpc) is 2.96. The highest BCUT2D eigenvalue weighted by molar-refractivity contribution is 7.09. The van der Waals surface area contributed by atoms with Crippen molar-refractivity contribution in [2.24, 2.45) is 5.92 Å². The van der Waals surface area contributed by atoms with Gasteiger partial charge in [-0.05, 0) is 13.0 Å². The van der Waals surface area contributed by atoms with Crippen molar-refractivity contribution < 1.29 is 4.74 Å². The van der Waals surface area contributed by atoms with Gasteiger partial charge in [0.1, 0.15) is 0 Å². The van der Waals surface area contributed by atoms with Crippen LogP contribution in [0, 0.1) is 5.92 Å². The summed E-state index contributed by atoms with van der Waals surface area (Å²) in [6.45, 7) is 4.38. The topological polar surface area (TPSA) is 34.2 Å². The second-order valence-electron chi connectivity index (χ2n) is 5.54. The van der Waals surface area contributed by atoms with Gasteiger partial charge < -0.3 is 10.1 Å². The molecule has 0 radical (unpaired) electrons. The maximum Gasteiger partial charge on any atom is 0.0949 e. The lowest BCUT2D eigenvalue weighted by Gasteiger charge is -2.28. The molecule has 0 bridgehead atoms. The molecule has 0 aliphatic carbocycles. The third-order valence-electron chi connectivity index (χ3n) is 3.71. The van der Waals surface area contributed by atoms with Crippen LogP contribution in [0.15, 0.2) is 35.7 Å². The molecular weight excluding hydrogens is 280 g/mol. The van der Waals surface area contributed by atoms with Crippen LogP contribution in [-0.4, -0.2) is 31.3 Å². The van der Waals surface area contributed by atoms with Gasteiger partial charge in [-0.1, -0.05) is 44.2 Å². The predicted molar refractivity (Wildman–Crippen MR) is 89.7 cm³/mol. The predicted octanol–water partition coefficient (Wildman–Crippen LogP) is 3.61. The maximum absolute atomic E-state index is 5.64. The fraction of sp³-hybridized carbons (Fsp3) is 0.471. The van der Waals surface area contributed by atoms with Crippen LogP contribution in [0.5, 0.6) is 0 Å². The number of nitrogens with zero attached hydrogens (tertiary/aromatic N) is 1. The van der Waals surface area contributed by atoms with Crippen molar-refractivity contribution in [1.82, 2.24) is 10.3 Å². The SMILES string of the molecule is CNC(Cc1nc(-c2ccccc2)cs1)C(OC)C(C)C. The first-order valence-electron chi connectivity index (χ1n) is 7.35. The van der Waals surface area contributed by atoms with E-state index in [0.717, 1.165) is 17.1 Å². The van der Waals surface area contributed by atoms with Crippen molar-refractivity contribution in [3.05, 3.63) is 40.7 Å². The Labute approximate surface area is 131 Å². The standard InChI is InChI=1S/C17H24N2OS/c1-12(2)17(20-4)14(18-3)10-16-19-15(11-21-16)13-8-6-5-7-9-13/h5-9,11-12,14,17-18H,10H2,1-4H3. The molecule has 21 heavy (non-hydrogen) atoms. The number of aromatic nitrogens is 1. The van der Waals surface area contributed by atoms with Gasteiger partial charge in [-0.3, -0.25) is 0 Å². The molecule has 114 valence electrons. The van der Waals surface area contributed by atoms with Gasteiger partial charge in [0.25, 0.3) is 0 Å². The number of likely N-dealkylation sites (N-methyl/N-ethyl adjacent to an activating group) is 1. The Balaban J connectivity index is 2.11. The van der Waals surface area contributed by atoms with Gasteiger partial charge in [-0.25, -0.2) is 4.98 Å². The molecule has 2 atom stereocenters. The van der Waals surface area contributed by atoms with Crippen LogP contribution in [0.3, 0.4) is 0 Å². The number of rotatable bonds is 7. The number of nitrogens with one attached hydrogen (secondary N) is 1. The van der Waals surface area contributed by atoms with Crippen molar-refractivity contribution in [3.63, 3.8) is 0 Å². The quantitative estimate of drug-likeness (QED) is 0.848. The van der Waals surface area contributed by atoms with Crippen LogP contribution in [0.1, 0.15) is 18.9 Å². The largest absolute Gasteiger partial charge is 0.380 e. The minimum Gasteiger partial charge on any atom is -0.380 e. The van der Waals surface area contributed by atoms with Gasteiger partial charge in [0.05, 0.1) is 16.8 Å². The van der Waals surface area contributed by atoms with Crippen LogP contribution in [0.25, 0.3) is 11.3 Å². The summed E-state index contributed by atoms with van der Waals surface area (Å²) in [4.78, 5) is 4.77. The molecule has 0 aliphatic heterocycles. The molecule has 0 fully saturated rings. The number of hydrogen-bond donors (Lipinski definition) is 1. The molecule has 2 unspecified atom stereocenters. The fourth-order valence-electron chi connectivity index (χ4n) is 2.62. The van der Waals surface area contributed by atoms with E-state index in [4.69, 9.17) is 9.72 Å². The molecule has 2 aromatic rings. The normalized spacial score (nSPS) is 14.3. The van der Waals surface area contributed by atoms with Crippen LogP contribution in [-0.2, 0) is 11.2 Å². The number of benzene rings is 1. The van der Waals surface area contributed by atoms with E-state index < -0.39 is 0 Å². The molecule has 3 nitrogen and oxygen atoms in total. The minimum absolute atomic E-state index is 0.194. The molecule has 1 aromatic carbocycles. The van der Waals surface area contributed by atoms with E-state index in [1.165, 1.54) is 5.56 Å². The molecule has 1 heterocycles. The third-order valence-corrected chi connectivity index (χ3v) is 4.58. The van der Waals surface area contributed by atoms with E-state index in [0.29, 0.717) is 5.92 Å². The van der Waals surface area contributed by atoms with Crippen molar-refractivity contribution in [2.45, 2.75) is 32.4 Å². The monoisotopic (exact) mass is 304 g/mol. The first-order chi connectivity index (χ1) is 10.2. The lowest BCUT2D eigenvalue weighted by molar-refractivity contribution is 0.0354. The summed E-state index contributed by atoms with van der Waals surface area (Å²) in [6.07, 6.45) is 1.09. The number of ether oxygens (including phenoxy) is 1. The zero-order valence-corrected chi connectivity index (χ0v) is 14.0. The van der Waals surface area contributed by atoms with Gasteiger partial charge in [0.15, 0.2) is 0 Å². The lowest BCUT2D eigenvalue weighted by atomic mass is 9.97. The molecule has 4 heteroatoms. The van der Waals surface area contributed by atoms with Gasteiger partial charge in [0, 0.05) is 30.5 Å². The summed E-state index contributed by atoms with van der Waals surface area (Å²) in [6, 6.07) is 10.6. The highest BCUT2D eigenvalue weighted by Crippen LogP contribution is 2.23. The van der Waals surface area contributed by atoms with E-state index in [-0.39, 0.29) is 12.1 Å². The Hall–Kier alpha value is -1.23. The summed E-state index contributed by atoms with van der Waals surface area (Å²) in [5, 5.41) is 6.66. The Morgan fingerprint density at radius 1 is 1.24 bits per heavy atom. The minimum atomic E-state index is 0.194. The first-order valence-corrected chi connectivity index (χ1v) is 8.23. The van der Waals surface area contributed by atoms with Gasteiger partial charge in [-0.15, -0.1) is 11.3 Å². The van der Waals surface area contributed by atoms with Crippen molar-refractivity contribution in [3.8, 4) is 11.3 Å². The zero-order chi connectivity index (χ0) is 15.2. The Morgan fingerprint density at radius 2 is 1.95 bits per heavy atom. The summed E-state index contributed by atoms with van der Waals surface area (Å²) in [5.74, 6) is 0.473. The Kier molecular flexibility index (Phi) is 5.91. The second-order valence-corrected chi connectivity index (χ2v) is 6.48. The molecule has 2 rings (SSSR count). The van der Waals surface area contributed by atoms with Crippen LogP contribution < -0.4 is 5.32 Å². The average molecular weight is 304 g/mol. The smallest absolute Gasteiger partial charge is 0.0949 e. The summed E-state index contributed by atoms with van der Waals surface area (Å²) in [5.41, 5.74) is 2.23. The van der Waals surface area contributed by atoms with Gasteiger partial charge >= 0.3 is 0 Å².